The van der Waals surface area contributed by atoms with Gasteiger partial charge in [-0.1, -0.05) is 30.3 Å². The highest BCUT2D eigenvalue weighted by molar-refractivity contribution is 5.84. The average Bonchev–Trinajstić information content (AvgIpc) is 2.36. The van der Waals surface area contributed by atoms with Crippen LogP contribution in [0.15, 0.2) is 49.2 Å². The molecule has 0 aliphatic heterocycles. The monoisotopic (exact) mass is 215 g/mol. The third-order valence-corrected chi connectivity index (χ3v) is 2.55. The third kappa shape index (κ3) is 1.83. The molecule has 16 heavy (non-hydrogen) atoms. The molecule has 0 spiro atoms. The largest absolute Gasteiger partial charge is 0.386 e. The maximum atomic E-state index is 9.90. The summed E-state index contributed by atoms with van der Waals surface area (Å²) in [5.74, 6) is 0. The van der Waals surface area contributed by atoms with Crippen LogP contribution in [-0.4, -0.2) is 21.3 Å². The van der Waals surface area contributed by atoms with E-state index in [1.807, 2.05) is 30.3 Å². The van der Waals surface area contributed by atoms with E-state index in [1.54, 1.807) is 6.20 Å². The van der Waals surface area contributed by atoms with E-state index in [0.717, 1.165) is 10.8 Å². The van der Waals surface area contributed by atoms with Crippen LogP contribution in [-0.2, 0) is 0 Å². The standard InChI is InChI=1S/C13H13NO2/c1-2-11(15)13(16)12-10-6-4-3-5-9(10)7-8-14-12/h2-8,11,13,15-16H,1H2/t11-,13+/m1/s1. The van der Waals surface area contributed by atoms with Crippen molar-refractivity contribution in [2.75, 3.05) is 0 Å². The molecule has 0 fully saturated rings. The maximum Gasteiger partial charge on any atom is 0.126 e. The van der Waals surface area contributed by atoms with E-state index in [2.05, 4.69) is 11.6 Å². The number of rotatable bonds is 3. The van der Waals surface area contributed by atoms with Gasteiger partial charge in [0.25, 0.3) is 0 Å². The van der Waals surface area contributed by atoms with Crippen LogP contribution in [0.25, 0.3) is 10.8 Å². The molecule has 2 aromatic rings. The topological polar surface area (TPSA) is 53.4 Å². The molecule has 3 heteroatoms. The van der Waals surface area contributed by atoms with Crippen molar-refractivity contribution in [3.63, 3.8) is 0 Å². The lowest BCUT2D eigenvalue weighted by molar-refractivity contribution is 0.0467. The Bertz CT molecular complexity index is 505. The van der Waals surface area contributed by atoms with Crippen molar-refractivity contribution < 1.29 is 10.2 Å². The van der Waals surface area contributed by atoms with Crippen LogP contribution in [0, 0.1) is 0 Å². The number of nitrogens with zero attached hydrogens (tertiary/aromatic N) is 1. The molecule has 2 N–H and O–H groups in total. The molecule has 0 aliphatic rings. The number of aliphatic hydroxyl groups excluding tert-OH is 2. The summed E-state index contributed by atoms with van der Waals surface area (Å²) in [6, 6.07) is 9.47. The molecule has 82 valence electrons. The lowest BCUT2D eigenvalue weighted by Gasteiger charge is -2.15. The summed E-state index contributed by atoms with van der Waals surface area (Å²) in [5, 5.41) is 21.3. The Labute approximate surface area is 93.7 Å². The fourth-order valence-corrected chi connectivity index (χ4v) is 1.67. The van der Waals surface area contributed by atoms with Gasteiger partial charge < -0.3 is 10.2 Å². The molecule has 2 atom stereocenters. The average molecular weight is 215 g/mol. The van der Waals surface area contributed by atoms with Crippen molar-refractivity contribution in [2.24, 2.45) is 0 Å². The molecular weight excluding hydrogens is 202 g/mol. The van der Waals surface area contributed by atoms with E-state index in [-0.39, 0.29) is 0 Å². The molecule has 0 radical (unpaired) electrons. The van der Waals surface area contributed by atoms with Crippen molar-refractivity contribution in [1.82, 2.24) is 4.98 Å². The number of pyridine rings is 1. The molecule has 0 saturated carbocycles. The Balaban J connectivity index is 2.56. The van der Waals surface area contributed by atoms with E-state index in [4.69, 9.17) is 0 Å². The van der Waals surface area contributed by atoms with Crippen LogP contribution in [0.2, 0.25) is 0 Å². The minimum atomic E-state index is -1.04. The van der Waals surface area contributed by atoms with Gasteiger partial charge in [-0.05, 0) is 11.5 Å². The van der Waals surface area contributed by atoms with E-state index >= 15 is 0 Å². The Morgan fingerprint density at radius 2 is 1.94 bits per heavy atom. The molecule has 1 aromatic heterocycles. The quantitative estimate of drug-likeness (QED) is 0.768. The van der Waals surface area contributed by atoms with Crippen molar-refractivity contribution in [3.8, 4) is 0 Å². The predicted molar refractivity (Wildman–Crippen MR) is 62.9 cm³/mol. The van der Waals surface area contributed by atoms with Gasteiger partial charge in [-0.2, -0.15) is 0 Å². The number of hydrogen-bond acceptors (Lipinski definition) is 3. The van der Waals surface area contributed by atoms with Gasteiger partial charge in [-0.25, -0.2) is 0 Å². The fraction of sp³-hybridized carbons (Fsp3) is 0.154. The zero-order chi connectivity index (χ0) is 11.5. The summed E-state index contributed by atoms with van der Waals surface area (Å²) in [7, 11) is 0. The molecule has 3 nitrogen and oxygen atoms in total. The van der Waals surface area contributed by atoms with Gasteiger partial charge in [0.15, 0.2) is 0 Å². The van der Waals surface area contributed by atoms with E-state index in [9.17, 15) is 10.2 Å². The molecule has 1 aromatic carbocycles. The highest BCUT2D eigenvalue weighted by Crippen LogP contribution is 2.24. The van der Waals surface area contributed by atoms with Gasteiger partial charge in [0.05, 0.1) is 5.69 Å². The molecule has 2 rings (SSSR count). The Hall–Kier alpha value is -1.71. The highest BCUT2D eigenvalue weighted by atomic mass is 16.3. The van der Waals surface area contributed by atoms with E-state index in [0.29, 0.717) is 5.69 Å². The number of fused-ring (bicyclic) bond motifs is 1. The van der Waals surface area contributed by atoms with E-state index < -0.39 is 12.2 Å². The summed E-state index contributed by atoms with van der Waals surface area (Å²) in [6.45, 7) is 3.45. The minimum Gasteiger partial charge on any atom is -0.386 e. The lowest BCUT2D eigenvalue weighted by Crippen LogP contribution is -2.16. The maximum absolute atomic E-state index is 9.90. The van der Waals surface area contributed by atoms with Crippen molar-refractivity contribution in [2.45, 2.75) is 12.2 Å². The summed E-state index contributed by atoms with van der Waals surface area (Å²) in [6.07, 6.45) is 0.882. The van der Waals surface area contributed by atoms with Gasteiger partial charge in [0, 0.05) is 11.6 Å². The second kappa shape index (κ2) is 4.43. The summed E-state index contributed by atoms with van der Waals surface area (Å²) in [5.41, 5.74) is 0.477. The van der Waals surface area contributed by atoms with Gasteiger partial charge in [-0.3, -0.25) is 4.98 Å². The fourth-order valence-electron chi connectivity index (χ4n) is 1.67. The first kappa shape index (κ1) is 10.8. The van der Waals surface area contributed by atoms with Crippen LogP contribution in [0.5, 0.6) is 0 Å². The van der Waals surface area contributed by atoms with Crippen LogP contribution >= 0.6 is 0 Å². The first-order valence-electron chi connectivity index (χ1n) is 5.06. The molecule has 0 saturated heterocycles. The van der Waals surface area contributed by atoms with Crippen LogP contribution in [0.1, 0.15) is 11.8 Å². The van der Waals surface area contributed by atoms with Crippen molar-refractivity contribution in [1.29, 1.82) is 0 Å². The van der Waals surface area contributed by atoms with Gasteiger partial charge >= 0.3 is 0 Å². The second-order valence-corrected chi connectivity index (χ2v) is 3.59. The molecule has 0 aliphatic carbocycles. The second-order valence-electron chi connectivity index (χ2n) is 3.59. The van der Waals surface area contributed by atoms with Crippen LogP contribution in [0.3, 0.4) is 0 Å². The zero-order valence-electron chi connectivity index (χ0n) is 8.74. The molecule has 1 heterocycles. The minimum absolute atomic E-state index is 0.477. The molecular formula is C13H13NO2. The SMILES string of the molecule is C=C[C@@H](O)[C@H](O)c1nccc2ccccc12. The van der Waals surface area contributed by atoms with Gasteiger partial charge in [0.2, 0.25) is 0 Å². The summed E-state index contributed by atoms with van der Waals surface area (Å²) < 4.78 is 0. The molecule has 0 bridgehead atoms. The Morgan fingerprint density at radius 1 is 1.19 bits per heavy atom. The lowest BCUT2D eigenvalue weighted by atomic mass is 10.0. The predicted octanol–water partition coefficient (Wildman–Crippen LogP) is 1.82. The van der Waals surface area contributed by atoms with E-state index in [1.165, 1.54) is 6.08 Å². The molecule has 0 amide bonds. The van der Waals surface area contributed by atoms with Crippen molar-refractivity contribution >= 4 is 10.8 Å². The Kier molecular flexibility index (Phi) is 2.99. The highest BCUT2D eigenvalue weighted by Gasteiger charge is 2.18. The third-order valence-electron chi connectivity index (χ3n) is 2.55. The van der Waals surface area contributed by atoms with Crippen LogP contribution in [0.4, 0.5) is 0 Å². The van der Waals surface area contributed by atoms with Crippen LogP contribution < -0.4 is 0 Å². The normalized spacial score (nSPS) is 14.6. The number of aliphatic hydroxyl groups is 2. The first-order chi connectivity index (χ1) is 7.74. The summed E-state index contributed by atoms with van der Waals surface area (Å²) in [4.78, 5) is 4.12. The zero-order valence-corrected chi connectivity index (χ0v) is 8.74. The number of benzene rings is 1. The Morgan fingerprint density at radius 3 is 2.69 bits per heavy atom. The van der Waals surface area contributed by atoms with Gasteiger partial charge in [-0.15, -0.1) is 6.58 Å². The number of hydrogen-bond donors (Lipinski definition) is 2. The van der Waals surface area contributed by atoms with Gasteiger partial charge in [0.1, 0.15) is 12.2 Å². The smallest absolute Gasteiger partial charge is 0.126 e. The summed E-state index contributed by atoms with van der Waals surface area (Å²) >= 11 is 0. The molecule has 0 unspecified atom stereocenters. The van der Waals surface area contributed by atoms with Crippen molar-refractivity contribution in [3.05, 3.63) is 54.9 Å². The number of aromatic nitrogens is 1. The first-order valence-corrected chi connectivity index (χ1v) is 5.06.